The van der Waals surface area contributed by atoms with E-state index in [1.807, 2.05) is 74.8 Å². The Kier molecular flexibility index (Phi) is 13.7. The molecule has 15 heteroatoms. The number of carbonyl (C=O) groups is 1. The van der Waals surface area contributed by atoms with E-state index < -0.39 is 29.3 Å². The van der Waals surface area contributed by atoms with E-state index in [1.165, 1.54) is 29.5 Å². The minimum Gasteiger partial charge on any atom is -0.488 e. The maximum Gasteiger partial charge on any atom is 0.327 e. The molecule has 0 spiro atoms. The summed E-state index contributed by atoms with van der Waals surface area (Å²) in [5.74, 6) is -0.763. The summed E-state index contributed by atoms with van der Waals surface area (Å²) in [7, 11) is 0. The molecule has 0 aliphatic carbocycles. The van der Waals surface area contributed by atoms with E-state index in [2.05, 4.69) is 43.9 Å². The summed E-state index contributed by atoms with van der Waals surface area (Å²) in [6.07, 6.45) is 10.6. The number of urea groups is 1. The number of aromatic nitrogens is 4. The molecule has 3 aliphatic heterocycles. The van der Waals surface area contributed by atoms with E-state index in [-0.39, 0.29) is 43.9 Å². The smallest absolute Gasteiger partial charge is 0.327 e. The second-order valence-electron chi connectivity index (χ2n) is 15.9. The van der Waals surface area contributed by atoms with Crippen molar-refractivity contribution in [2.24, 2.45) is 0 Å². The largest absolute Gasteiger partial charge is 0.488 e. The Morgan fingerprint density at radius 3 is 2.17 bits per heavy atom. The molecule has 60 heavy (non-hydrogen) atoms. The lowest BCUT2D eigenvalue weighted by molar-refractivity contribution is -0.117. The molecule has 2 aromatic heterocycles. The zero-order valence-electron chi connectivity index (χ0n) is 34.6. The van der Waals surface area contributed by atoms with Crippen molar-refractivity contribution in [2.45, 2.75) is 83.1 Å². The van der Waals surface area contributed by atoms with E-state index in [1.54, 1.807) is 9.80 Å². The number of nitrogens with zero attached hydrogens (tertiary/aromatic N) is 7. The molecule has 1 unspecified atom stereocenters. The van der Waals surface area contributed by atoms with Crippen molar-refractivity contribution in [1.82, 2.24) is 24.6 Å². The molecule has 3 aromatic carbocycles. The summed E-state index contributed by atoms with van der Waals surface area (Å²) in [5.41, 5.74) is 0.737. The highest BCUT2D eigenvalue weighted by atomic mass is 19.1. The van der Waals surface area contributed by atoms with Gasteiger partial charge in [0.2, 0.25) is 0 Å². The molecule has 3 atom stereocenters. The Morgan fingerprint density at radius 2 is 1.58 bits per heavy atom. The standard InChI is InChI=1S/C41H51F2N7O5.C4H5N/c1-4-5-6-7-18-41(52)26-49(39(51)50(41)30(2)3)34-11-9-32(10-12-34)46-19-21-47(22-20-46)33-13-15-35(16-14-33)53-24-38-54-27-40(55-38,25-48-29-44-28-45-48)36-17-8-31(42)23-37(36)43;1-2-4-5-3-1/h8-17,23,28-30,38,52H,4-7,18-22,24-27H2,1-3H3;1-5H/t38-,40+,41?;/m0./s1. The number of anilines is 3. The van der Waals surface area contributed by atoms with Gasteiger partial charge in [0.25, 0.3) is 0 Å². The molecular formula is C45H56F2N8O5. The van der Waals surface area contributed by atoms with Gasteiger partial charge < -0.3 is 34.1 Å². The fourth-order valence-corrected chi connectivity index (χ4v) is 8.28. The Labute approximate surface area is 350 Å². The third kappa shape index (κ3) is 9.91. The SMILES string of the molecule is CCCCCCC1(O)CN(c2ccc(N3CCN(c4ccc(OC[C@H]5OC[C@](Cn6cncn6)(c6ccc(F)cc6F)O5)cc4)CC3)cc2)C(=O)N1C(C)C.c1cc[nH]c1. The number of halogens is 2. The number of β-amino-alcohol motifs (C(OH)–C–C–N with tert-alkyl or cyclic N) is 1. The van der Waals surface area contributed by atoms with E-state index >= 15 is 0 Å². The fourth-order valence-electron chi connectivity index (χ4n) is 8.28. The lowest BCUT2D eigenvalue weighted by Crippen LogP contribution is -2.50. The molecule has 0 saturated carbocycles. The van der Waals surface area contributed by atoms with Crippen molar-refractivity contribution in [1.29, 1.82) is 0 Å². The molecule has 3 aliphatic rings. The summed E-state index contributed by atoms with van der Waals surface area (Å²) < 4.78 is 48.4. The van der Waals surface area contributed by atoms with Gasteiger partial charge in [-0.1, -0.05) is 32.3 Å². The number of unbranched alkanes of at least 4 members (excludes halogenated alkanes) is 3. The van der Waals surface area contributed by atoms with Crippen LogP contribution >= 0.6 is 0 Å². The highest BCUT2D eigenvalue weighted by Crippen LogP contribution is 2.38. The Morgan fingerprint density at radius 1 is 0.917 bits per heavy atom. The van der Waals surface area contributed by atoms with Crippen LogP contribution in [0.25, 0.3) is 0 Å². The van der Waals surface area contributed by atoms with Gasteiger partial charge in [0.1, 0.15) is 42.2 Å². The third-order valence-electron chi connectivity index (χ3n) is 11.3. The van der Waals surface area contributed by atoms with E-state index in [9.17, 15) is 18.7 Å². The zero-order chi connectivity index (χ0) is 42.1. The van der Waals surface area contributed by atoms with Crippen molar-refractivity contribution >= 4 is 23.1 Å². The first-order valence-corrected chi connectivity index (χ1v) is 20.9. The van der Waals surface area contributed by atoms with Crippen LogP contribution in [-0.4, -0.2) is 99.8 Å². The van der Waals surface area contributed by atoms with E-state index in [4.69, 9.17) is 14.2 Å². The number of piperazine rings is 1. The molecule has 2 amide bonds. The molecule has 0 bridgehead atoms. The summed E-state index contributed by atoms with van der Waals surface area (Å²) in [6, 6.07) is 23.0. The average Bonchev–Trinajstić information content (AvgIpc) is 4.10. The molecule has 0 radical (unpaired) electrons. The molecule has 5 heterocycles. The Hall–Kier alpha value is -5.51. The predicted octanol–water partition coefficient (Wildman–Crippen LogP) is 7.55. The number of aromatic amines is 1. The topological polar surface area (TPSA) is 124 Å². The number of benzene rings is 3. The lowest BCUT2D eigenvalue weighted by Gasteiger charge is -2.37. The number of H-pyrrole nitrogens is 1. The molecule has 5 aromatic rings. The van der Waals surface area contributed by atoms with Crippen LogP contribution in [0.2, 0.25) is 0 Å². The van der Waals surface area contributed by atoms with Crippen LogP contribution < -0.4 is 19.4 Å². The quantitative estimate of drug-likeness (QED) is 0.103. The predicted molar refractivity (Wildman–Crippen MR) is 226 cm³/mol. The normalized spacial score (nSPS) is 21.8. The van der Waals surface area contributed by atoms with Gasteiger partial charge in [0, 0.05) is 73.3 Å². The number of amides is 2. The van der Waals surface area contributed by atoms with Gasteiger partial charge in [-0.05, 0) is 93.4 Å². The first-order chi connectivity index (χ1) is 29.1. The number of hydrogen-bond acceptors (Lipinski definition) is 9. The zero-order valence-corrected chi connectivity index (χ0v) is 34.6. The maximum atomic E-state index is 15.0. The van der Waals surface area contributed by atoms with Crippen molar-refractivity contribution in [3.63, 3.8) is 0 Å². The highest BCUT2D eigenvalue weighted by Gasteiger charge is 2.50. The van der Waals surface area contributed by atoms with Crippen molar-refractivity contribution < 1.29 is 32.9 Å². The van der Waals surface area contributed by atoms with E-state index in [0.29, 0.717) is 12.2 Å². The fraction of sp³-hybridized carbons (Fsp3) is 0.444. The number of nitrogens with one attached hydrogen (secondary N) is 1. The number of ether oxygens (including phenoxy) is 3. The summed E-state index contributed by atoms with van der Waals surface area (Å²) in [5, 5.41) is 15.7. The number of aliphatic hydroxyl groups is 1. The first kappa shape index (κ1) is 42.6. The summed E-state index contributed by atoms with van der Waals surface area (Å²) in [4.78, 5) is 28.4. The van der Waals surface area contributed by atoms with Crippen LogP contribution in [0.15, 0.2) is 104 Å². The van der Waals surface area contributed by atoms with Crippen LogP contribution in [0.5, 0.6) is 5.75 Å². The summed E-state index contributed by atoms with van der Waals surface area (Å²) >= 11 is 0. The lowest BCUT2D eigenvalue weighted by atomic mass is 9.94. The molecule has 3 saturated heterocycles. The van der Waals surface area contributed by atoms with Crippen molar-refractivity contribution in [3.8, 4) is 5.75 Å². The third-order valence-corrected chi connectivity index (χ3v) is 11.3. The first-order valence-electron chi connectivity index (χ1n) is 20.9. The maximum absolute atomic E-state index is 15.0. The molecular weight excluding hydrogens is 771 g/mol. The minimum atomic E-state index is -1.24. The monoisotopic (exact) mass is 826 g/mol. The van der Waals surface area contributed by atoms with Crippen molar-refractivity contribution in [2.75, 3.05) is 60.6 Å². The van der Waals surface area contributed by atoms with Crippen LogP contribution in [0.3, 0.4) is 0 Å². The molecule has 2 N–H and O–H groups in total. The van der Waals surface area contributed by atoms with Crippen LogP contribution in [0.4, 0.5) is 30.6 Å². The number of rotatable bonds is 15. The van der Waals surface area contributed by atoms with Crippen LogP contribution in [0, 0.1) is 11.6 Å². The molecule has 8 rings (SSSR count). The second-order valence-corrected chi connectivity index (χ2v) is 15.9. The van der Waals surface area contributed by atoms with Crippen LogP contribution in [0.1, 0.15) is 58.4 Å². The molecule has 3 fully saturated rings. The van der Waals surface area contributed by atoms with Gasteiger partial charge in [-0.3, -0.25) is 9.80 Å². The molecule has 13 nitrogen and oxygen atoms in total. The van der Waals surface area contributed by atoms with Gasteiger partial charge in [-0.25, -0.2) is 23.2 Å². The van der Waals surface area contributed by atoms with Gasteiger partial charge in [-0.15, -0.1) is 0 Å². The number of hydrogen-bond donors (Lipinski definition) is 2. The Balaban J connectivity index is 0.00000101. The van der Waals surface area contributed by atoms with Crippen LogP contribution in [-0.2, 0) is 21.6 Å². The second kappa shape index (κ2) is 19.3. The highest BCUT2D eigenvalue weighted by molar-refractivity contribution is 5.95. The van der Waals surface area contributed by atoms with E-state index in [0.717, 1.165) is 75.0 Å². The van der Waals surface area contributed by atoms with Gasteiger partial charge in [0.05, 0.1) is 19.7 Å². The van der Waals surface area contributed by atoms with Gasteiger partial charge in [0.15, 0.2) is 12.0 Å². The minimum absolute atomic E-state index is 0.0251. The van der Waals surface area contributed by atoms with Gasteiger partial charge in [-0.2, -0.15) is 5.10 Å². The summed E-state index contributed by atoms with van der Waals surface area (Å²) in [6.45, 7) is 9.91. The molecule has 320 valence electrons. The van der Waals surface area contributed by atoms with Gasteiger partial charge >= 0.3 is 6.03 Å². The van der Waals surface area contributed by atoms with Crippen molar-refractivity contribution in [3.05, 3.63) is 121 Å². The number of carbonyl (C=O) groups excluding carboxylic acids is 1. The average molecular weight is 827 g/mol. The Bertz CT molecular complexity index is 2060.